The highest BCUT2D eigenvalue weighted by atomic mass is 16.3. The van der Waals surface area contributed by atoms with Gasteiger partial charge in [-0.05, 0) is 73.5 Å². The standard InChI is InChI=1S/C19H30O3/c1-18-7-5-12(20)9-11(18)10-15(21)17-13-3-4-16(22)19(13,2)8-6-14(17)18/h11-14,16-17,20,22H,3-10H2,1-2H3/t11?,12-,13?,14?,16+,17?,18-,19-/m0/s1. The Morgan fingerprint density at radius 1 is 0.955 bits per heavy atom. The predicted octanol–water partition coefficient (Wildman–Crippen LogP) is 2.93. The van der Waals surface area contributed by atoms with Crippen LogP contribution in [0.5, 0.6) is 0 Å². The maximum atomic E-state index is 13.0. The first-order valence-electron chi connectivity index (χ1n) is 9.25. The topological polar surface area (TPSA) is 57.5 Å². The molecule has 0 aromatic rings. The molecule has 0 spiro atoms. The van der Waals surface area contributed by atoms with Gasteiger partial charge >= 0.3 is 0 Å². The maximum absolute atomic E-state index is 13.0. The molecule has 3 heteroatoms. The summed E-state index contributed by atoms with van der Waals surface area (Å²) in [6, 6.07) is 0. The summed E-state index contributed by atoms with van der Waals surface area (Å²) in [5.74, 6) is 1.85. The van der Waals surface area contributed by atoms with Crippen LogP contribution in [0.4, 0.5) is 0 Å². The summed E-state index contributed by atoms with van der Waals surface area (Å²) in [4.78, 5) is 13.0. The van der Waals surface area contributed by atoms with Gasteiger partial charge in [-0.1, -0.05) is 13.8 Å². The van der Waals surface area contributed by atoms with Crippen LogP contribution in [0.25, 0.3) is 0 Å². The molecule has 124 valence electrons. The molecule has 8 atom stereocenters. The molecule has 4 rings (SSSR count). The van der Waals surface area contributed by atoms with E-state index in [0.29, 0.717) is 30.0 Å². The lowest BCUT2D eigenvalue weighted by atomic mass is 9.45. The van der Waals surface area contributed by atoms with Gasteiger partial charge in [0.15, 0.2) is 0 Å². The van der Waals surface area contributed by atoms with Gasteiger partial charge in [0.05, 0.1) is 12.2 Å². The quantitative estimate of drug-likeness (QED) is 0.723. The minimum atomic E-state index is -0.218. The molecule has 4 saturated carbocycles. The molecule has 0 amide bonds. The van der Waals surface area contributed by atoms with Gasteiger partial charge in [-0.3, -0.25) is 4.79 Å². The molecule has 0 radical (unpaired) electrons. The van der Waals surface area contributed by atoms with Crippen LogP contribution in [-0.2, 0) is 4.79 Å². The minimum absolute atomic E-state index is 0.0335. The van der Waals surface area contributed by atoms with Crippen LogP contribution in [-0.4, -0.2) is 28.2 Å². The molecule has 4 fully saturated rings. The fourth-order valence-electron chi connectivity index (χ4n) is 6.88. The Bertz CT molecular complexity index is 489. The number of aliphatic hydroxyl groups is 2. The lowest BCUT2D eigenvalue weighted by molar-refractivity contribution is -0.162. The second kappa shape index (κ2) is 4.80. The fourth-order valence-corrected chi connectivity index (χ4v) is 6.88. The molecular weight excluding hydrogens is 276 g/mol. The van der Waals surface area contributed by atoms with Crippen LogP contribution in [0.2, 0.25) is 0 Å². The summed E-state index contributed by atoms with van der Waals surface area (Å²) >= 11 is 0. The number of hydrogen-bond acceptors (Lipinski definition) is 3. The Kier molecular flexibility index (Phi) is 3.30. The van der Waals surface area contributed by atoms with Gasteiger partial charge in [0.2, 0.25) is 0 Å². The van der Waals surface area contributed by atoms with Gasteiger partial charge in [0, 0.05) is 12.3 Å². The van der Waals surface area contributed by atoms with E-state index in [9.17, 15) is 15.0 Å². The molecule has 4 unspecified atom stereocenters. The minimum Gasteiger partial charge on any atom is -0.393 e. The number of fused-ring (bicyclic) bond motifs is 5. The zero-order chi connectivity index (χ0) is 15.7. The van der Waals surface area contributed by atoms with E-state index in [1.807, 2.05) is 0 Å². The van der Waals surface area contributed by atoms with E-state index in [-0.39, 0.29) is 29.0 Å². The van der Waals surface area contributed by atoms with Gasteiger partial charge in [0.25, 0.3) is 0 Å². The fraction of sp³-hybridized carbons (Fsp3) is 0.947. The van der Waals surface area contributed by atoms with Crippen LogP contribution in [0.3, 0.4) is 0 Å². The first-order valence-corrected chi connectivity index (χ1v) is 9.25. The van der Waals surface area contributed by atoms with Crippen molar-refractivity contribution >= 4 is 5.78 Å². The van der Waals surface area contributed by atoms with E-state index in [2.05, 4.69) is 13.8 Å². The Balaban J connectivity index is 1.69. The maximum Gasteiger partial charge on any atom is 0.136 e. The van der Waals surface area contributed by atoms with Crippen molar-refractivity contribution in [3.8, 4) is 0 Å². The molecule has 0 aliphatic heterocycles. The highest BCUT2D eigenvalue weighted by Gasteiger charge is 2.62. The van der Waals surface area contributed by atoms with Gasteiger partial charge in [-0.2, -0.15) is 0 Å². The van der Waals surface area contributed by atoms with E-state index < -0.39 is 0 Å². The van der Waals surface area contributed by atoms with Gasteiger partial charge in [-0.15, -0.1) is 0 Å². The monoisotopic (exact) mass is 306 g/mol. The van der Waals surface area contributed by atoms with E-state index in [0.717, 1.165) is 44.9 Å². The molecular formula is C19H30O3. The molecule has 0 aromatic heterocycles. The Labute approximate surface area is 133 Å². The summed E-state index contributed by atoms with van der Waals surface area (Å²) in [5, 5.41) is 20.5. The van der Waals surface area contributed by atoms with Crippen LogP contribution in [0.15, 0.2) is 0 Å². The molecule has 0 aromatic carbocycles. The summed E-state index contributed by atoms with van der Waals surface area (Å²) in [6.07, 6.45) is 7.07. The van der Waals surface area contributed by atoms with E-state index in [1.165, 1.54) is 0 Å². The van der Waals surface area contributed by atoms with E-state index >= 15 is 0 Å². The molecule has 22 heavy (non-hydrogen) atoms. The number of aliphatic hydroxyl groups excluding tert-OH is 2. The zero-order valence-electron chi connectivity index (χ0n) is 13.9. The third-order valence-electron chi connectivity index (χ3n) is 8.39. The molecule has 2 N–H and O–H groups in total. The number of Topliss-reactive ketones (excluding diaryl/α,β-unsaturated/α-hetero) is 1. The number of hydrogen-bond donors (Lipinski definition) is 2. The van der Waals surface area contributed by atoms with E-state index in [4.69, 9.17) is 0 Å². The zero-order valence-corrected chi connectivity index (χ0v) is 13.9. The molecule has 0 saturated heterocycles. The highest BCUT2D eigenvalue weighted by Crippen LogP contribution is 2.65. The Morgan fingerprint density at radius 2 is 1.64 bits per heavy atom. The first-order chi connectivity index (χ1) is 10.4. The summed E-state index contributed by atoms with van der Waals surface area (Å²) in [7, 11) is 0. The summed E-state index contributed by atoms with van der Waals surface area (Å²) in [6.45, 7) is 4.61. The van der Waals surface area contributed by atoms with Crippen molar-refractivity contribution in [3.63, 3.8) is 0 Å². The van der Waals surface area contributed by atoms with Crippen LogP contribution >= 0.6 is 0 Å². The Morgan fingerprint density at radius 3 is 2.41 bits per heavy atom. The lowest BCUT2D eigenvalue weighted by Gasteiger charge is -2.59. The average Bonchev–Trinajstić information content (AvgIpc) is 2.77. The molecule has 0 heterocycles. The lowest BCUT2D eigenvalue weighted by Crippen LogP contribution is -2.57. The van der Waals surface area contributed by atoms with Crippen molar-refractivity contribution in [2.75, 3.05) is 0 Å². The number of rotatable bonds is 0. The van der Waals surface area contributed by atoms with Crippen molar-refractivity contribution in [1.82, 2.24) is 0 Å². The smallest absolute Gasteiger partial charge is 0.136 e. The van der Waals surface area contributed by atoms with Crippen molar-refractivity contribution in [1.29, 1.82) is 0 Å². The third kappa shape index (κ3) is 1.84. The second-order valence-corrected chi connectivity index (χ2v) is 9.18. The Hall–Kier alpha value is -0.410. The third-order valence-corrected chi connectivity index (χ3v) is 8.39. The number of carbonyl (C=O) groups is 1. The van der Waals surface area contributed by atoms with Gasteiger partial charge in [0.1, 0.15) is 5.78 Å². The summed E-state index contributed by atoms with van der Waals surface area (Å²) in [5.41, 5.74) is 0.195. The number of carbonyl (C=O) groups excluding carboxylic acids is 1. The van der Waals surface area contributed by atoms with E-state index in [1.54, 1.807) is 0 Å². The van der Waals surface area contributed by atoms with Crippen molar-refractivity contribution in [3.05, 3.63) is 0 Å². The highest BCUT2D eigenvalue weighted by molar-refractivity contribution is 5.83. The SMILES string of the molecule is C[C@]12CC[C@H](O)CC1CC(=O)C1C2CC[C@@]2(C)C1CC[C@H]2O. The first kappa shape index (κ1) is 15.1. The molecule has 3 nitrogen and oxygen atoms in total. The molecule has 0 bridgehead atoms. The predicted molar refractivity (Wildman–Crippen MR) is 84.1 cm³/mol. The van der Waals surface area contributed by atoms with Crippen LogP contribution in [0, 0.1) is 34.5 Å². The number of ketones is 1. The summed E-state index contributed by atoms with van der Waals surface area (Å²) < 4.78 is 0. The van der Waals surface area contributed by atoms with Crippen molar-refractivity contribution in [2.24, 2.45) is 34.5 Å². The second-order valence-electron chi connectivity index (χ2n) is 9.18. The molecule has 4 aliphatic carbocycles. The van der Waals surface area contributed by atoms with Gasteiger partial charge < -0.3 is 10.2 Å². The van der Waals surface area contributed by atoms with Crippen molar-refractivity contribution in [2.45, 2.75) is 77.4 Å². The van der Waals surface area contributed by atoms with Crippen LogP contribution in [0.1, 0.15) is 65.2 Å². The molecule has 4 aliphatic rings. The normalized spacial score (nSPS) is 57.9. The van der Waals surface area contributed by atoms with Crippen LogP contribution < -0.4 is 0 Å². The van der Waals surface area contributed by atoms with Crippen molar-refractivity contribution < 1.29 is 15.0 Å². The van der Waals surface area contributed by atoms with Gasteiger partial charge in [-0.25, -0.2) is 0 Å². The average molecular weight is 306 g/mol. The largest absolute Gasteiger partial charge is 0.393 e.